The molecule has 1 spiro atoms. The maximum Gasteiger partial charge on any atom is 0.126 e. The van der Waals surface area contributed by atoms with E-state index in [1.165, 1.54) is 37.8 Å². The first-order valence-corrected chi connectivity index (χ1v) is 7.50. The first kappa shape index (κ1) is 13.5. The number of piperazine rings is 1. The molecule has 1 aromatic carbocycles. The molecule has 0 radical (unpaired) electrons. The highest BCUT2D eigenvalue weighted by Crippen LogP contribution is 2.39. The Morgan fingerprint density at radius 1 is 1.16 bits per heavy atom. The average molecular weight is 303 g/mol. The first-order valence-electron chi connectivity index (χ1n) is 6.74. The molecule has 2 fully saturated rings. The van der Waals surface area contributed by atoms with Crippen LogP contribution in [0.3, 0.4) is 0 Å². The molecule has 3 rings (SSSR count). The summed E-state index contributed by atoms with van der Waals surface area (Å²) in [5, 5.41) is 4.45. The van der Waals surface area contributed by atoms with E-state index in [0.29, 0.717) is 10.0 Å². The van der Waals surface area contributed by atoms with Crippen molar-refractivity contribution in [3.63, 3.8) is 0 Å². The van der Waals surface area contributed by atoms with Crippen LogP contribution in [-0.4, -0.2) is 25.2 Å². The Balaban J connectivity index is 1.90. The van der Waals surface area contributed by atoms with Gasteiger partial charge in [-0.05, 0) is 25.0 Å². The molecule has 1 heterocycles. The molecule has 1 aromatic rings. The lowest BCUT2D eigenvalue weighted by Gasteiger charge is -2.43. The Kier molecular flexibility index (Phi) is 3.63. The molecule has 0 unspecified atom stereocenters. The number of rotatable bonds is 1. The van der Waals surface area contributed by atoms with Gasteiger partial charge in [0.2, 0.25) is 0 Å². The predicted octanol–water partition coefficient (Wildman–Crippen LogP) is 3.85. The molecule has 0 aromatic heterocycles. The summed E-state index contributed by atoms with van der Waals surface area (Å²) in [5.74, 6) is -0.385. The van der Waals surface area contributed by atoms with Crippen LogP contribution in [0.2, 0.25) is 10.0 Å². The second kappa shape index (κ2) is 5.12. The topological polar surface area (TPSA) is 15.3 Å². The van der Waals surface area contributed by atoms with Gasteiger partial charge in [-0.3, -0.25) is 0 Å². The number of hydrogen-bond acceptors (Lipinski definition) is 2. The lowest BCUT2D eigenvalue weighted by Crippen LogP contribution is -2.59. The fourth-order valence-electron chi connectivity index (χ4n) is 3.37. The summed E-state index contributed by atoms with van der Waals surface area (Å²) >= 11 is 12.4. The zero-order valence-corrected chi connectivity index (χ0v) is 12.2. The van der Waals surface area contributed by atoms with E-state index < -0.39 is 0 Å². The van der Waals surface area contributed by atoms with Crippen LogP contribution in [0.5, 0.6) is 0 Å². The highest BCUT2D eigenvalue weighted by molar-refractivity contribution is 6.39. The number of hydrogen-bond donors (Lipinski definition) is 1. The predicted molar refractivity (Wildman–Crippen MR) is 77.8 cm³/mol. The van der Waals surface area contributed by atoms with E-state index in [-0.39, 0.29) is 11.4 Å². The summed E-state index contributed by atoms with van der Waals surface area (Å²) in [7, 11) is 0. The molecule has 1 aliphatic carbocycles. The molecule has 1 saturated carbocycles. The monoisotopic (exact) mass is 302 g/mol. The molecule has 0 amide bonds. The van der Waals surface area contributed by atoms with Crippen LogP contribution >= 0.6 is 23.2 Å². The number of benzene rings is 1. The molecule has 104 valence electrons. The van der Waals surface area contributed by atoms with Gasteiger partial charge >= 0.3 is 0 Å². The summed E-state index contributed by atoms with van der Waals surface area (Å²) in [5.41, 5.74) is 0.969. The number of nitrogens with one attached hydrogen (secondary N) is 1. The van der Waals surface area contributed by atoms with Gasteiger partial charge in [-0.1, -0.05) is 36.0 Å². The smallest absolute Gasteiger partial charge is 0.126 e. The minimum atomic E-state index is -0.385. The number of anilines is 1. The third kappa shape index (κ3) is 2.56. The summed E-state index contributed by atoms with van der Waals surface area (Å²) < 4.78 is 13.3. The van der Waals surface area contributed by atoms with Crippen molar-refractivity contribution < 1.29 is 4.39 Å². The lowest BCUT2D eigenvalue weighted by molar-refractivity contribution is 0.304. The normalized spacial score (nSPS) is 22.2. The van der Waals surface area contributed by atoms with Crippen LogP contribution in [0, 0.1) is 5.82 Å². The van der Waals surface area contributed by atoms with Gasteiger partial charge in [0.05, 0.1) is 15.7 Å². The molecule has 5 heteroatoms. The van der Waals surface area contributed by atoms with Crippen molar-refractivity contribution >= 4 is 28.9 Å². The quantitative estimate of drug-likeness (QED) is 0.847. The van der Waals surface area contributed by atoms with Crippen molar-refractivity contribution in [2.45, 2.75) is 31.2 Å². The number of nitrogens with zero attached hydrogens (tertiary/aromatic N) is 1. The molecule has 0 bridgehead atoms. The summed E-state index contributed by atoms with van der Waals surface area (Å²) in [4.78, 5) is 2.20. The standard InChI is InChI=1S/C14H17Cl2FN2/c15-11-7-10(17)8-12(16)13(11)19-6-5-18-14(9-19)3-1-2-4-14/h7-8,18H,1-6,9H2. The molecule has 0 atom stereocenters. The Bertz CT molecular complexity index is 463. The fraction of sp³-hybridized carbons (Fsp3) is 0.571. The van der Waals surface area contributed by atoms with Gasteiger partial charge in [0.15, 0.2) is 0 Å². The second-order valence-electron chi connectivity index (χ2n) is 5.55. The van der Waals surface area contributed by atoms with E-state index in [1.54, 1.807) is 0 Å². The zero-order chi connectivity index (χ0) is 13.5. The molecule has 1 N–H and O–H groups in total. The zero-order valence-electron chi connectivity index (χ0n) is 10.7. The summed E-state index contributed by atoms with van der Waals surface area (Å²) in [6.07, 6.45) is 4.93. The Morgan fingerprint density at radius 3 is 2.42 bits per heavy atom. The highest BCUT2D eigenvalue weighted by atomic mass is 35.5. The van der Waals surface area contributed by atoms with Gasteiger partial charge in [-0.15, -0.1) is 0 Å². The molecule has 2 nitrogen and oxygen atoms in total. The van der Waals surface area contributed by atoms with Gasteiger partial charge in [-0.25, -0.2) is 4.39 Å². The minimum absolute atomic E-state index is 0.194. The molecule has 2 aliphatic rings. The van der Waals surface area contributed by atoms with Crippen molar-refractivity contribution in [2.24, 2.45) is 0 Å². The first-order chi connectivity index (χ1) is 9.10. The van der Waals surface area contributed by atoms with Gasteiger partial charge in [0.25, 0.3) is 0 Å². The fourth-order valence-corrected chi connectivity index (χ4v) is 4.07. The van der Waals surface area contributed by atoms with Crippen molar-refractivity contribution in [1.82, 2.24) is 5.32 Å². The van der Waals surface area contributed by atoms with Gasteiger partial charge in [0, 0.05) is 25.2 Å². The van der Waals surface area contributed by atoms with E-state index in [9.17, 15) is 4.39 Å². The van der Waals surface area contributed by atoms with E-state index in [0.717, 1.165) is 25.3 Å². The van der Waals surface area contributed by atoms with Crippen molar-refractivity contribution in [3.05, 3.63) is 28.0 Å². The Labute approximate surface area is 122 Å². The minimum Gasteiger partial charge on any atom is -0.366 e. The third-order valence-corrected chi connectivity index (χ3v) is 4.81. The van der Waals surface area contributed by atoms with E-state index in [4.69, 9.17) is 23.2 Å². The average Bonchev–Trinajstić information content (AvgIpc) is 2.76. The second-order valence-corrected chi connectivity index (χ2v) is 6.37. The van der Waals surface area contributed by atoms with Crippen LogP contribution in [0.4, 0.5) is 10.1 Å². The van der Waals surface area contributed by atoms with Crippen molar-refractivity contribution in [2.75, 3.05) is 24.5 Å². The van der Waals surface area contributed by atoms with Crippen LogP contribution in [-0.2, 0) is 0 Å². The summed E-state index contributed by atoms with van der Waals surface area (Å²) in [6, 6.07) is 2.68. The van der Waals surface area contributed by atoms with Gasteiger partial charge in [-0.2, -0.15) is 0 Å². The van der Waals surface area contributed by atoms with E-state index in [1.807, 2.05) is 0 Å². The van der Waals surface area contributed by atoms with E-state index >= 15 is 0 Å². The van der Waals surface area contributed by atoms with Crippen molar-refractivity contribution in [1.29, 1.82) is 0 Å². The SMILES string of the molecule is Fc1cc(Cl)c(N2CCNC3(CCCC3)C2)c(Cl)c1. The molecular formula is C14H17Cl2FN2. The number of halogens is 3. The largest absolute Gasteiger partial charge is 0.366 e. The van der Waals surface area contributed by atoms with Crippen LogP contribution in [0.15, 0.2) is 12.1 Å². The summed E-state index contributed by atoms with van der Waals surface area (Å²) in [6.45, 7) is 2.68. The van der Waals surface area contributed by atoms with Crippen molar-refractivity contribution in [3.8, 4) is 0 Å². The lowest BCUT2D eigenvalue weighted by atomic mass is 9.94. The Morgan fingerprint density at radius 2 is 1.79 bits per heavy atom. The van der Waals surface area contributed by atoms with Crippen LogP contribution < -0.4 is 10.2 Å². The Hall–Kier alpha value is -0.510. The highest BCUT2D eigenvalue weighted by Gasteiger charge is 2.38. The molecule has 1 aliphatic heterocycles. The van der Waals surface area contributed by atoms with Crippen LogP contribution in [0.25, 0.3) is 0 Å². The van der Waals surface area contributed by atoms with Gasteiger partial charge < -0.3 is 10.2 Å². The van der Waals surface area contributed by atoms with E-state index in [2.05, 4.69) is 10.2 Å². The maximum atomic E-state index is 13.3. The molecular weight excluding hydrogens is 286 g/mol. The third-order valence-electron chi connectivity index (χ3n) is 4.23. The van der Waals surface area contributed by atoms with Crippen LogP contribution in [0.1, 0.15) is 25.7 Å². The maximum absolute atomic E-state index is 13.3. The van der Waals surface area contributed by atoms with Gasteiger partial charge in [0.1, 0.15) is 5.82 Å². The molecule has 1 saturated heterocycles. The molecule has 19 heavy (non-hydrogen) atoms.